The van der Waals surface area contributed by atoms with E-state index in [0.29, 0.717) is 19.3 Å². The predicted octanol–water partition coefficient (Wildman–Crippen LogP) is 18.7. The van der Waals surface area contributed by atoms with E-state index >= 15 is 0 Å². The highest BCUT2D eigenvalue weighted by Gasteiger charge is 2.19. The molecule has 0 spiro atoms. The van der Waals surface area contributed by atoms with Gasteiger partial charge in [0.15, 0.2) is 6.10 Å². The van der Waals surface area contributed by atoms with Gasteiger partial charge >= 0.3 is 17.9 Å². The molecule has 6 heteroatoms. The van der Waals surface area contributed by atoms with E-state index in [4.69, 9.17) is 14.2 Å². The molecular formula is C58H108O6. The highest BCUT2D eigenvalue weighted by molar-refractivity contribution is 5.71. The summed E-state index contributed by atoms with van der Waals surface area (Å²) in [5.41, 5.74) is 0. The summed E-state index contributed by atoms with van der Waals surface area (Å²) in [5, 5.41) is 0. The summed E-state index contributed by atoms with van der Waals surface area (Å²) in [7, 11) is 0. The van der Waals surface area contributed by atoms with Crippen molar-refractivity contribution in [2.75, 3.05) is 13.2 Å². The Balaban J connectivity index is 4.33. The summed E-state index contributed by atoms with van der Waals surface area (Å²) in [4.78, 5) is 38.1. The minimum atomic E-state index is -0.769. The second kappa shape index (κ2) is 53.5. The number of hydrogen-bond donors (Lipinski definition) is 0. The number of unbranched alkanes of at least 4 members (excludes halogenated alkanes) is 37. The zero-order valence-corrected chi connectivity index (χ0v) is 43.1. The number of rotatable bonds is 52. The monoisotopic (exact) mass is 901 g/mol. The Bertz CT molecular complexity index is 1040. The van der Waals surface area contributed by atoms with Gasteiger partial charge in [-0.05, 0) is 51.4 Å². The third-order valence-corrected chi connectivity index (χ3v) is 12.7. The quantitative estimate of drug-likeness (QED) is 0.0262. The topological polar surface area (TPSA) is 78.9 Å². The van der Waals surface area contributed by atoms with Crippen LogP contribution < -0.4 is 0 Å². The Morgan fingerprint density at radius 3 is 0.891 bits per heavy atom. The first-order valence-electron chi connectivity index (χ1n) is 28.3. The summed E-state index contributed by atoms with van der Waals surface area (Å²) in [6.07, 6.45) is 61.6. The fourth-order valence-corrected chi connectivity index (χ4v) is 8.42. The molecule has 1 atom stereocenters. The molecule has 0 amide bonds. The van der Waals surface area contributed by atoms with Crippen LogP contribution in [0.2, 0.25) is 0 Å². The lowest BCUT2D eigenvalue weighted by molar-refractivity contribution is -0.167. The van der Waals surface area contributed by atoms with Crippen molar-refractivity contribution in [3.8, 4) is 0 Å². The van der Waals surface area contributed by atoms with Crippen molar-refractivity contribution in [2.45, 2.75) is 316 Å². The third-order valence-electron chi connectivity index (χ3n) is 12.7. The Kier molecular flexibility index (Phi) is 51.7. The van der Waals surface area contributed by atoms with Gasteiger partial charge in [0, 0.05) is 19.3 Å². The Labute approximate surface area is 398 Å². The van der Waals surface area contributed by atoms with Gasteiger partial charge in [0.25, 0.3) is 0 Å². The molecule has 376 valence electrons. The Morgan fingerprint density at radius 1 is 0.312 bits per heavy atom. The summed E-state index contributed by atoms with van der Waals surface area (Å²) in [5.74, 6) is -0.856. The first kappa shape index (κ1) is 61.9. The standard InChI is InChI=1S/C58H108O6/c1-4-7-10-13-16-19-22-25-28-29-31-33-36-39-42-45-48-51-57(60)63-54-55(53-62-56(59)50-47-44-41-38-35-32-27-24-21-18-15-12-9-6-3)64-58(61)52-49-46-43-40-37-34-30-26-23-20-17-14-11-8-5-2/h16,19,25,28,55H,4-15,17-18,20-24,26-27,29-54H2,1-3H3/b19-16-,28-25-. The molecule has 0 aliphatic heterocycles. The van der Waals surface area contributed by atoms with E-state index in [0.717, 1.165) is 70.6 Å². The number of hydrogen-bond acceptors (Lipinski definition) is 6. The maximum absolute atomic E-state index is 12.8. The van der Waals surface area contributed by atoms with Gasteiger partial charge in [0.1, 0.15) is 13.2 Å². The van der Waals surface area contributed by atoms with Gasteiger partial charge in [0.05, 0.1) is 0 Å². The van der Waals surface area contributed by atoms with Crippen LogP contribution in [0.1, 0.15) is 310 Å². The molecule has 6 nitrogen and oxygen atoms in total. The van der Waals surface area contributed by atoms with Crippen molar-refractivity contribution in [1.29, 1.82) is 0 Å². The fourth-order valence-electron chi connectivity index (χ4n) is 8.42. The summed E-state index contributed by atoms with van der Waals surface area (Å²) < 4.78 is 16.9. The van der Waals surface area contributed by atoms with Gasteiger partial charge in [-0.1, -0.05) is 263 Å². The molecule has 0 aromatic rings. The molecule has 0 aromatic carbocycles. The largest absolute Gasteiger partial charge is 0.462 e. The van der Waals surface area contributed by atoms with Crippen molar-refractivity contribution >= 4 is 17.9 Å². The van der Waals surface area contributed by atoms with E-state index in [1.54, 1.807) is 0 Å². The van der Waals surface area contributed by atoms with Crippen LogP contribution in [0.4, 0.5) is 0 Å². The normalized spacial score (nSPS) is 12.1. The zero-order chi connectivity index (χ0) is 46.5. The van der Waals surface area contributed by atoms with Crippen molar-refractivity contribution < 1.29 is 28.6 Å². The first-order chi connectivity index (χ1) is 31.5. The highest BCUT2D eigenvalue weighted by Crippen LogP contribution is 2.17. The lowest BCUT2D eigenvalue weighted by Crippen LogP contribution is -2.30. The van der Waals surface area contributed by atoms with Crippen molar-refractivity contribution in [3.63, 3.8) is 0 Å². The van der Waals surface area contributed by atoms with Crippen molar-refractivity contribution in [3.05, 3.63) is 24.3 Å². The summed E-state index contributed by atoms with van der Waals surface area (Å²) >= 11 is 0. The van der Waals surface area contributed by atoms with Crippen molar-refractivity contribution in [2.24, 2.45) is 0 Å². The number of allylic oxidation sites excluding steroid dienone is 4. The van der Waals surface area contributed by atoms with E-state index < -0.39 is 6.10 Å². The molecule has 0 N–H and O–H groups in total. The molecule has 0 heterocycles. The number of carbonyl (C=O) groups is 3. The molecule has 1 unspecified atom stereocenters. The zero-order valence-electron chi connectivity index (χ0n) is 43.1. The highest BCUT2D eigenvalue weighted by atomic mass is 16.6. The fraction of sp³-hybridized carbons (Fsp3) is 0.879. The van der Waals surface area contributed by atoms with Crippen LogP contribution in [0.3, 0.4) is 0 Å². The second-order valence-corrected chi connectivity index (χ2v) is 19.2. The van der Waals surface area contributed by atoms with Gasteiger partial charge in [-0.25, -0.2) is 0 Å². The molecule has 0 aliphatic carbocycles. The third kappa shape index (κ3) is 50.9. The van der Waals surface area contributed by atoms with Gasteiger partial charge < -0.3 is 14.2 Å². The lowest BCUT2D eigenvalue weighted by atomic mass is 10.0. The van der Waals surface area contributed by atoms with Crippen LogP contribution in [0.25, 0.3) is 0 Å². The first-order valence-corrected chi connectivity index (χ1v) is 28.3. The van der Waals surface area contributed by atoms with Crippen LogP contribution in [0.15, 0.2) is 24.3 Å². The van der Waals surface area contributed by atoms with E-state index in [1.165, 1.54) is 199 Å². The lowest BCUT2D eigenvalue weighted by Gasteiger charge is -2.18. The van der Waals surface area contributed by atoms with Gasteiger partial charge in [-0.15, -0.1) is 0 Å². The molecule has 0 aromatic heterocycles. The average molecular weight is 901 g/mol. The molecule has 0 radical (unpaired) electrons. The molecular weight excluding hydrogens is 793 g/mol. The minimum Gasteiger partial charge on any atom is -0.462 e. The van der Waals surface area contributed by atoms with Crippen molar-refractivity contribution in [1.82, 2.24) is 0 Å². The van der Waals surface area contributed by atoms with E-state index in [9.17, 15) is 14.4 Å². The van der Waals surface area contributed by atoms with Gasteiger partial charge in [-0.3, -0.25) is 14.4 Å². The smallest absolute Gasteiger partial charge is 0.306 e. The Morgan fingerprint density at radius 2 is 0.562 bits per heavy atom. The Hall–Kier alpha value is -2.11. The second-order valence-electron chi connectivity index (χ2n) is 19.2. The number of ether oxygens (including phenoxy) is 3. The van der Waals surface area contributed by atoms with E-state index in [-0.39, 0.29) is 31.1 Å². The van der Waals surface area contributed by atoms with Crippen LogP contribution in [-0.4, -0.2) is 37.2 Å². The van der Waals surface area contributed by atoms with Gasteiger partial charge in [0.2, 0.25) is 0 Å². The van der Waals surface area contributed by atoms with Gasteiger partial charge in [-0.2, -0.15) is 0 Å². The molecule has 64 heavy (non-hydrogen) atoms. The maximum Gasteiger partial charge on any atom is 0.306 e. The number of carbonyl (C=O) groups excluding carboxylic acids is 3. The average Bonchev–Trinajstić information content (AvgIpc) is 3.29. The van der Waals surface area contributed by atoms with E-state index in [2.05, 4.69) is 45.1 Å². The van der Waals surface area contributed by atoms with Crippen LogP contribution in [0.5, 0.6) is 0 Å². The van der Waals surface area contributed by atoms with Crippen LogP contribution in [-0.2, 0) is 28.6 Å². The van der Waals surface area contributed by atoms with Crippen LogP contribution in [0, 0.1) is 0 Å². The van der Waals surface area contributed by atoms with Crippen LogP contribution >= 0.6 is 0 Å². The molecule has 0 fully saturated rings. The molecule has 0 bridgehead atoms. The molecule has 0 saturated carbocycles. The molecule has 0 aliphatic rings. The summed E-state index contributed by atoms with van der Waals surface area (Å²) in [6, 6.07) is 0. The SMILES string of the molecule is CCCCC/C=C\C/C=C\CCCCCCCCCC(=O)OCC(COC(=O)CCCCCCCCCCCCCCCC)OC(=O)CCCCCCCCCCCCCCCCC. The molecule has 0 rings (SSSR count). The maximum atomic E-state index is 12.8. The number of esters is 3. The predicted molar refractivity (Wildman–Crippen MR) is 275 cm³/mol. The minimum absolute atomic E-state index is 0.0682. The molecule has 0 saturated heterocycles. The van der Waals surface area contributed by atoms with E-state index in [1.807, 2.05) is 0 Å². The summed E-state index contributed by atoms with van der Waals surface area (Å²) in [6.45, 7) is 6.65.